The van der Waals surface area contributed by atoms with Crippen LogP contribution < -0.4 is 20.2 Å². The average molecular weight is 618 g/mol. The predicted molar refractivity (Wildman–Crippen MR) is 160 cm³/mol. The van der Waals surface area contributed by atoms with Gasteiger partial charge >= 0.3 is 13.7 Å². The number of ether oxygens (including phenoxy) is 2. The van der Waals surface area contributed by atoms with E-state index in [0.29, 0.717) is 29.2 Å². The maximum Gasteiger partial charge on any atom is 0.459 e. The summed E-state index contributed by atoms with van der Waals surface area (Å²) in [6.07, 6.45) is 0.908. The Hall–Kier alpha value is -3.58. The van der Waals surface area contributed by atoms with Gasteiger partial charge in [-0.05, 0) is 39.3 Å². The van der Waals surface area contributed by atoms with Crippen LogP contribution in [0.5, 0.6) is 5.75 Å². The molecule has 0 bridgehead atoms. The van der Waals surface area contributed by atoms with E-state index >= 15 is 0 Å². The summed E-state index contributed by atoms with van der Waals surface area (Å²) in [5.74, 6) is -0.123. The second kappa shape index (κ2) is 13.8. The van der Waals surface area contributed by atoms with E-state index in [-0.39, 0.29) is 36.4 Å². The van der Waals surface area contributed by atoms with Crippen molar-refractivity contribution in [3.05, 3.63) is 36.7 Å². The highest BCUT2D eigenvalue weighted by Gasteiger charge is 2.39. The molecule has 3 heterocycles. The van der Waals surface area contributed by atoms with Crippen molar-refractivity contribution in [3.8, 4) is 5.75 Å². The standard InChI is InChI=1S/C28H40N7O7P/c1-16(2)25(36)33-28-31-23(29-7)22-24(32-28)35(15-30-22)26-18(5)13-21(41-26)14-39-43(38,42-20-11-9-8-10-12-20)34-19(6)27(37)40-17(3)4/h8-12,15-19,21,26H,13-14H2,1-7H3,(H,34,38)(H2,29,31,32,33,36)/t18-,19-,21-,26+,43?/m0/s1. The molecule has 1 amide bonds. The second-order valence-corrected chi connectivity index (χ2v) is 12.7. The fourth-order valence-electron chi connectivity index (χ4n) is 4.47. The number of esters is 1. The molecule has 43 heavy (non-hydrogen) atoms. The monoisotopic (exact) mass is 617 g/mol. The fraction of sp³-hybridized carbons (Fsp3) is 0.536. The van der Waals surface area contributed by atoms with Crippen LogP contribution in [0.1, 0.15) is 54.2 Å². The van der Waals surface area contributed by atoms with E-state index in [9.17, 15) is 14.2 Å². The van der Waals surface area contributed by atoms with E-state index in [1.54, 1.807) is 76.0 Å². The Balaban J connectivity index is 1.51. The quantitative estimate of drug-likeness (QED) is 0.181. The highest BCUT2D eigenvalue weighted by molar-refractivity contribution is 7.52. The molecule has 14 nitrogen and oxygen atoms in total. The van der Waals surface area contributed by atoms with E-state index in [2.05, 4.69) is 30.7 Å². The van der Waals surface area contributed by atoms with Crippen LogP contribution >= 0.6 is 7.75 Å². The molecule has 15 heteroatoms. The summed E-state index contributed by atoms with van der Waals surface area (Å²) in [5, 5.41) is 8.44. The van der Waals surface area contributed by atoms with Crippen molar-refractivity contribution in [1.82, 2.24) is 24.6 Å². The van der Waals surface area contributed by atoms with Crippen LogP contribution in [-0.2, 0) is 28.2 Å². The summed E-state index contributed by atoms with van der Waals surface area (Å²) in [6, 6.07) is 7.59. The number of aromatic nitrogens is 4. The zero-order valence-corrected chi connectivity index (χ0v) is 26.3. The second-order valence-electron chi connectivity index (χ2n) is 11.0. The molecule has 1 aliphatic heterocycles. The molecule has 5 atom stereocenters. The van der Waals surface area contributed by atoms with Crippen LogP contribution in [0.3, 0.4) is 0 Å². The van der Waals surface area contributed by atoms with Gasteiger partial charge in [-0.25, -0.2) is 9.55 Å². The van der Waals surface area contributed by atoms with E-state index < -0.39 is 32.1 Å². The number of nitrogens with zero attached hydrogens (tertiary/aromatic N) is 4. The van der Waals surface area contributed by atoms with Gasteiger partial charge in [0.2, 0.25) is 11.9 Å². The molecular formula is C28H40N7O7P. The number of amides is 1. The number of hydrogen-bond donors (Lipinski definition) is 3. The number of anilines is 2. The first-order chi connectivity index (χ1) is 20.4. The van der Waals surface area contributed by atoms with Crippen LogP contribution in [0.2, 0.25) is 0 Å². The number of benzene rings is 1. The van der Waals surface area contributed by atoms with Gasteiger partial charge in [0.05, 0.1) is 25.1 Å². The van der Waals surface area contributed by atoms with Crippen molar-refractivity contribution >= 4 is 42.6 Å². The van der Waals surface area contributed by atoms with Gasteiger partial charge in [0.25, 0.3) is 0 Å². The van der Waals surface area contributed by atoms with Crippen molar-refractivity contribution in [1.29, 1.82) is 0 Å². The Labute approximate surface area is 250 Å². The number of rotatable bonds is 13. The maximum atomic E-state index is 13.9. The molecule has 0 spiro atoms. The molecule has 234 valence electrons. The molecule has 0 saturated carbocycles. The number of imidazole rings is 1. The van der Waals surface area contributed by atoms with Gasteiger partial charge in [-0.3, -0.25) is 24.0 Å². The number of carbonyl (C=O) groups is 2. The lowest BCUT2D eigenvalue weighted by atomic mass is 10.1. The molecule has 1 aliphatic rings. The van der Waals surface area contributed by atoms with Crippen molar-refractivity contribution in [2.24, 2.45) is 11.8 Å². The van der Waals surface area contributed by atoms with Crippen LogP contribution in [0, 0.1) is 11.8 Å². The van der Waals surface area contributed by atoms with Crippen LogP contribution in [0.15, 0.2) is 36.7 Å². The lowest BCUT2D eigenvalue weighted by Gasteiger charge is -2.24. The number of nitrogens with one attached hydrogen (secondary N) is 3. The minimum absolute atomic E-state index is 0.00460. The predicted octanol–water partition coefficient (Wildman–Crippen LogP) is 4.52. The molecular weight excluding hydrogens is 577 g/mol. The lowest BCUT2D eigenvalue weighted by Crippen LogP contribution is -2.36. The summed E-state index contributed by atoms with van der Waals surface area (Å²) < 4.78 is 38.8. The smallest absolute Gasteiger partial charge is 0.459 e. The molecule has 1 aromatic carbocycles. The third kappa shape index (κ3) is 8.08. The molecule has 1 unspecified atom stereocenters. The minimum Gasteiger partial charge on any atom is -0.462 e. The molecule has 1 fully saturated rings. The number of para-hydroxylation sites is 1. The number of hydrogen-bond acceptors (Lipinski definition) is 11. The molecule has 3 aromatic rings. The molecule has 0 aliphatic carbocycles. The topological polar surface area (TPSA) is 168 Å². The van der Waals surface area contributed by atoms with Gasteiger partial charge in [-0.1, -0.05) is 39.0 Å². The zero-order valence-electron chi connectivity index (χ0n) is 25.4. The largest absolute Gasteiger partial charge is 0.462 e. The number of fused-ring (bicyclic) bond motifs is 1. The highest BCUT2D eigenvalue weighted by atomic mass is 31.2. The first-order valence-corrected chi connectivity index (χ1v) is 15.8. The normalized spacial score (nSPS) is 20.6. The Morgan fingerprint density at radius 1 is 1.14 bits per heavy atom. The average Bonchev–Trinajstić information content (AvgIpc) is 3.54. The van der Waals surface area contributed by atoms with Crippen molar-refractivity contribution < 1.29 is 32.7 Å². The highest BCUT2D eigenvalue weighted by Crippen LogP contribution is 2.46. The summed E-state index contributed by atoms with van der Waals surface area (Å²) >= 11 is 0. The van der Waals surface area contributed by atoms with Gasteiger partial charge in [-0.2, -0.15) is 15.1 Å². The van der Waals surface area contributed by atoms with E-state index in [4.69, 9.17) is 18.5 Å². The van der Waals surface area contributed by atoms with Gasteiger partial charge in [0.1, 0.15) is 18.0 Å². The van der Waals surface area contributed by atoms with Gasteiger partial charge < -0.3 is 19.3 Å². The summed E-state index contributed by atoms with van der Waals surface area (Å²) in [5.41, 5.74) is 1.00. The molecule has 0 radical (unpaired) electrons. The molecule has 4 rings (SSSR count). The Kier molecular flexibility index (Phi) is 10.4. The molecule has 1 saturated heterocycles. The number of carbonyl (C=O) groups excluding carboxylic acids is 2. The molecule has 3 N–H and O–H groups in total. The first kappa shape index (κ1) is 32.3. The third-order valence-corrected chi connectivity index (χ3v) is 8.25. The maximum absolute atomic E-state index is 13.9. The van der Waals surface area contributed by atoms with E-state index in [0.717, 1.165) is 0 Å². The summed E-state index contributed by atoms with van der Waals surface area (Å²) in [4.78, 5) is 38.2. The fourth-order valence-corrected chi connectivity index (χ4v) is 5.99. The SMILES string of the molecule is CNc1nc(NC(=O)C(C)C)nc2c1ncn2[C@@H]1O[C@H](COP(=O)(N[C@@H](C)C(=O)OC(C)C)Oc2ccccc2)C[C@@H]1C. The van der Waals surface area contributed by atoms with E-state index in [1.165, 1.54) is 6.92 Å². The van der Waals surface area contributed by atoms with Crippen LogP contribution in [0.4, 0.5) is 11.8 Å². The lowest BCUT2D eigenvalue weighted by molar-refractivity contribution is -0.149. The van der Waals surface area contributed by atoms with E-state index in [1.807, 2.05) is 6.92 Å². The van der Waals surface area contributed by atoms with Crippen LogP contribution in [0.25, 0.3) is 11.2 Å². The minimum atomic E-state index is -4.04. The van der Waals surface area contributed by atoms with Gasteiger partial charge in [0, 0.05) is 18.9 Å². The van der Waals surface area contributed by atoms with Crippen molar-refractivity contribution in [2.45, 2.75) is 72.4 Å². The third-order valence-electron chi connectivity index (χ3n) is 6.60. The Morgan fingerprint density at radius 3 is 2.51 bits per heavy atom. The Morgan fingerprint density at radius 2 is 1.86 bits per heavy atom. The summed E-state index contributed by atoms with van der Waals surface area (Å²) in [6.45, 7) is 10.5. The first-order valence-electron chi connectivity index (χ1n) is 14.2. The van der Waals surface area contributed by atoms with Crippen molar-refractivity contribution in [2.75, 3.05) is 24.3 Å². The van der Waals surface area contributed by atoms with Crippen molar-refractivity contribution in [3.63, 3.8) is 0 Å². The van der Waals surface area contributed by atoms with Gasteiger partial charge in [-0.15, -0.1) is 0 Å². The van der Waals surface area contributed by atoms with Gasteiger partial charge in [0.15, 0.2) is 17.0 Å². The van der Waals surface area contributed by atoms with Crippen LogP contribution in [-0.4, -0.2) is 63.3 Å². The zero-order chi connectivity index (χ0) is 31.3. The Bertz CT molecular complexity index is 1470. The summed E-state index contributed by atoms with van der Waals surface area (Å²) in [7, 11) is -2.33. The molecule has 2 aromatic heterocycles.